The van der Waals surface area contributed by atoms with Gasteiger partial charge in [0.25, 0.3) is 5.91 Å². The highest BCUT2D eigenvalue weighted by molar-refractivity contribution is 6.06. The van der Waals surface area contributed by atoms with Crippen molar-refractivity contribution >= 4 is 23.4 Å². The van der Waals surface area contributed by atoms with Gasteiger partial charge < -0.3 is 25.0 Å². The maximum atomic E-state index is 12.6. The minimum Gasteiger partial charge on any atom is -0.487 e. The molecule has 4 rings (SSSR count). The van der Waals surface area contributed by atoms with Crippen molar-refractivity contribution in [3.63, 3.8) is 0 Å². The number of hydrogen-bond acceptors (Lipinski definition) is 9. The number of anilines is 3. The second-order valence-electron chi connectivity index (χ2n) is 8.34. The van der Waals surface area contributed by atoms with Crippen LogP contribution in [0, 0.1) is 6.92 Å². The number of carbonyl (C=O) groups is 1. The smallest absolute Gasteiger partial charge is 0.451 e. The fraction of sp³-hybridized carbons (Fsp3) is 0.550. The van der Waals surface area contributed by atoms with Gasteiger partial charge in [-0.05, 0) is 13.8 Å². The fourth-order valence-electron chi connectivity index (χ4n) is 3.77. The summed E-state index contributed by atoms with van der Waals surface area (Å²) in [5.41, 5.74) is 0.258. The summed E-state index contributed by atoms with van der Waals surface area (Å²) in [5.74, 6) is -0.223. The van der Waals surface area contributed by atoms with Gasteiger partial charge in [0.1, 0.15) is 17.3 Å². The number of rotatable bonds is 6. The molecule has 2 aromatic rings. The Hall–Kier alpha value is -3.22. The van der Waals surface area contributed by atoms with E-state index >= 15 is 0 Å². The van der Waals surface area contributed by atoms with Crippen molar-refractivity contribution in [2.45, 2.75) is 50.6 Å². The van der Waals surface area contributed by atoms with Crippen LogP contribution in [0.4, 0.5) is 30.6 Å². The first-order valence-electron chi connectivity index (χ1n) is 10.3. The molecule has 0 aromatic carbocycles. The quantitative estimate of drug-likeness (QED) is 0.661. The molecule has 13 heteroatoms. The van der Waals surface area contributed by atoms with Crippen molar-refractivity contribution in [2.75, 3.05) is 36.3 Å². The number of nitrogens with one attached hydrogen (secondary N) is 2. The monoisotopic (exact) mass is 467 g/mol. The lowest BCUT2D eigenvalue weighted by molar-refractivity contribution is -0.145. The molecule has 0 bridgehead atoms. The first-order valence-corrected chi connectivity index (χ1v) is 10.3. The van der Waals surface area contributed by atoms with Gasteiger partial charge in [0, 0.05) is 33.0 Å². The second kappa shape index (κ2) is 8.28. The molecule has 0 spiro atoms. The van der Waals surface area contributed by atoms with Crippen LogP contribution in [-0.2, 0) is 15.7 Å². The minimum atomic E-state index is -4.59. The molecule has 2 aliphatic rings. The summed E-state index contributed by atoms with van der Waals surface area (Å²) in [6, 6.07) is 0.0247. The van der Waals surface area contributed by atoms with Gasteiger partial charge in [-0.25, -0.2) is 15.0 Å². The number of likely N-dealkylation sites (N-methyl/N-ethyl adjacent to an activating group) is 1. The van der Waals surface area contributed by atoms with Crippen LogP contribution in [0.1, 0.15) is 31.3 Å². The number of methoxy groups -OCH3 is 1. The molecule has 1 fully saturated rings. The van der Waals surface area contributed by atoms with Gasteiger partial charge in [0.2, 0.25) is 11.8 Å². The lowest BCUT2D eigenvalue weighted by atomic mass is 9.89. The van der Waals surface area contributed by atoms with Crippen molar-refractivity contribution in [2.24, 2.45) is 0 Å². The summed E-state index contributed by atoms with van der Waals surface area (Å²) in [6.07, 6.45) is -1.52. The van der Waals surface area contributed by atoms with Crippen molar-refractivity contribution in [3.8, 4) is 5.75 Å². The van der Waals surface area contributed by atoms with E-state index in [4.69, 9.17) is 9.47 Å². The Morgan fingerprint density at radius 3 is 2.55 bits per heavy atom. The van der Waals surface area contributed by atoms with E-state index in [0.717, 1.165) is 12.4 Å². The van der Waals surface area contributed by atoms with Crippen LogP contribution in [0.25, 0.3) is 0 Å². The zero-order valence-electron chi connectivity index (χ0n) is 18.5. The lowest BCUT2D eigenvalue weighted by Crippen LogP contribution is -2.59. The van der Waals surface area contributed by atoms with Gasteiger partial charge in [0.15, 0.2) is 11.6 Å². The van der Waals surface area contributed by atoms with E-state index < -0.39 is 17.5 Å². The lowest BCUT2D eigenvalue weighted by Gasteiger charge is -2.42. The first-order chi connectivity index (χ1) is 15.5. The average molecular weight is 467 g/mol. The summed E-state index contributed by atoms with van der Waals surface area (Å²) in [7, 11) is 3.32. The van der Waals surface area contributed by atoms with E-state index in [0.29, 0.717) is 36.0 Å². The standard InChI is InChI=1S/C20H24F3N7O3/c1-10-14-15(30(3)19(2,9-32-4)17(31)28-14)29-18(26-10)27-11-5-12(6-11)33-13-7-24-16(25-8-13)20(21,22)23/h7-8,11-12H,5-6,9H2,1-4H3,(H,28,31)(H,26,27,29)/t11-,12-,19-/m1/s1. The number of ether oxygens (including phenoxy) is 2. The van der Waals surface area contributed by atoms with Crippen molar-refractivity contribution in [1.29, 1.82) is 0 Å². The summed E-state index contributed by atoms with van der Waals surface area (Å²) in [5, 5.41) is 6.13. The number of hydrogen-bond donors (Lipinski definition) is 2. The molecule has 0 saturated heterocycles. The van der Waals surface area contributed by atoms with E-state index in [2.05, 4.69) is 30.6 Å². The molecule has 1 atom stereocenters. The average Bonchev–Trinajstić information content (AvgIpc) is 2.72. The molecule has 10 nitrogen and oxygen atoms in total. The fourth-order valence-corrected chi connectivity index (χ4v) is 3.77. The van der Waals surface area contributed by atoms with Crippen LogP contribution >= 0.6 is 0 Å². The Labute approximate surface area is 187 Å². The molecular formula is C20H24F3N7O3. The van der Waals surface area contributed by atoms with E-state index in [1.54, 1.807) is 25.8 Å². The van der Waals surface area contributed by atoms with Crippen LogP contribution < -0.4 is 20.3 Å². The maximum Gasteiger partial charge on any atom is 0.451 e. The SMILES string of the molecule is COC[C@]1(C)C(=O)Nc2c(C)nc(N[C@H]3C[C@H](Oc4cnc(C(F)(F)F)nc4)C3)nc2N1C. The summed E-state index contributed by atoms with van der Waals surface area (Å²) in [6.45, 7) is 3.75. The van der Waals surface area contributed by atoms with Crippen LogP contribution in [-0.4, -0.2) is 64.3 Å². The van der Waals surface area contributed by atoms with Gasteiger partial charge in [-0.1, -0.05) is 0 Å². The Balaban J connectivity index is 1.39. The molecule has 0 radical (unpaired) electrons. The van der Waals surface area contributed by atoms with Gasteiger partial charge in [-0.15, -0.1) is 0 Å². The molecule has 2 N–H and O–H groups in total. The number of carbonyl (C=O) groups excluding carboxylic acids is 1. The Morgan fingerprint density at radius 2 is 1.94 bits per heavy atom. The Kier molecular flexibility index (Phi) is 5.76. The van der Waals surface area contributed by atoms with E-state index in [1.807, 2.05) is 0 Å². The number of nitrogens with zero attached hydrogens (tertiary/aromatic N) is 5. The number of fused-ring (bicyclic) bond motifs is 1. The van der Waals surface area contributed by atoms with Crippen LogP contribution in [0.5, 0.6) is 5.75 Å². The zero-order valence-corrected chi connectivity index (χ0v) is 18.5. The number of aryl methyl sites for hydroxylation is 1. The molecule has 3 heterocycles. The summed E-state index contributed by atoms with van der Waals surface area (Å²) >= 11 is 0. The molecule has 2 aromatic heterocycles. The zero-order chi connectivity index (χ0) is 24.0. The molecule has 1 saturated carbocycles. The molecule has 1 aliphatic heterocycles. The van der Waals surface area contributed by atoms with Gasteiger partial charge in [-0.2, -0.15) is 18.2 Å². The third-order valence-electron chi connectivity index (χ3n) is 5.89. The maximum absolute atomic E-state index is 12.6. The van der Waals surface area contributed by atoms with Crippen LogP contribution in [0.3, 0.4) is 0 Å². The predicted molar refractivity (Wildman–Crippen MR) is 112 cm³/mol. The van der Waals surface area contributed by atoms with E-state index in [1.165, 1.54) is 7.11 Å². The third kappa shape index (κ3) is 4.36. The highest BCUT2D eigenvalue weighted by atomic mass is 19.4. The van der Waals surface area contributed by atoms with Crippen molar-refractivity contribution in [1.82, 2.24) is 19.9 Å². The van der Waals surface area contributed by atoms with E-state index in [-0.39, 0.29) is 30.4 Å². The molecular weight excluding hydrogens is 443 g/mol. The first kappa shape index (κ1) is 23.0. The summed E-state index contributed by atoms with van der Waals surface area (Å²) < 4.78 is 48.6. The molecule has 1 amide bonds. The van der Waals surface area contributed by atoms with Crippen LogP contribution in [0.15, 0.2) is 12.4 Å². The number of aromatic nitrogens is 4. The Bertz CT molecular complexity index is 1040. The minimum absolute atomic E-state index is 0.0247. The molecule has 33 heavy (non-hydrogen) atoms. The predicted octanol–water partition coefficient (Wildman–Crippen LogP) is 2.41. The van der Waals surface area contributed by atoms with E-state index in [9.17, 15) is 18.0 Å². The third-order valence-corrected chi connectivity index (χ3v) is 5.89. The van der Waals surface area contributed by atoms with Crippen molar-refractivity contribution in [3.05, 3.63) is 23.9 Å². The molecule has 178 valence electrons. The second-order valence-corrected chi connectivity index (χ2v) is 8.34. The Morgan fingerprint density at radius 1 is 1.27 bits per heavy atom. The normalized spacial score (nSPS) is 24.6. The summed E-state index contributed by atoms with van der Waals surface area (Å²) in [4.78, 5) is 30.0. The van der Waals surface area contributed by atoms with Gasteiger partial charge in [-0.3, -0.25) is 4.79 Å². The highest BCUT2D eigenvalue weighted by Gasteiger charge is 2.44. The largest absolute Gasteiger partial charge is 0.487 e. The van der Waals surface area contributed by atoms with Gasteiger partial charge in [0.05, 0.1) is 24.7 Å². The van der Waals surface area contributed by atoms with Crippen LogP contribution in [0.2, 0.25) is 0 Å². The van der Waals surface area contributed by atoms with Gasteiger partial charge >= 0.3 is 6.18 Å². The number of amides is 1. The number of halogens is 3. The molecule has 1 aliphatic carbocycles. The number of alkyl halides is 3. The highest BCUT2D eigenvalue weighted by Crippen LogP contribution is 2.37. The topological polar surface area (TPSA) is 114 Å². The molecule has 0 unspecified atom stereocenters. The van der Waals surface area contributed by atoms with Crippen molar-refractivity contribution < 1.29 is 27.4 Å².